The molecule has 0 spiro atoms. The molecule has 0 N–H and O–H groups in total. The number of ether oxygens (including phenoxy) is 2. The molecule has 1 aliphatic heterocycles. The van der Waals surface area contributed by atoms with Gasteiger partial charge in [-0.2, -0.15) is 4.37 Å². The minimum Gasteiger partial charge on any atom is -0.475 e. The second-order valence-electron chi connectivity index (χ2n) is 7.90. The average molecular weight is 411 g/mol. The van der Waals surface area contributed by atoms with Gasteiger partial charge in [0.1, 0.15) is 12.2 Å². The normalized spacial score (nSPS) is 20.5. The maximum Gasteiger partial charge on any atom is 0.310 e. The van der Waals surface area contributed by atoms with Gasteiger partial charge in [0.15, 0.2) is 0 Å². The Morgan fingerprint density at radius 3 is 2.75 bits per heavy atom. The van der Waals surface area contributed by atoms with E-state index >= 15 is 0 Å². The van der Waals surface area contributed by atoms with Crippen molar-refractivity contribution in [1.29, 1.82) is 0 Å². The van der Waals surface area contributed by atoms with Gasteiger partial charge in [-0.15, -0.1) is 4.37 Å². The largest absolute Gasteiger partial charge is 0.475 e. The lowest BCUT2D eigenvalue weighted by atomic mass is 10.0. The molecular formula is C21H36N3O3S+. The highest BCUT2D eigenvalue weighted by Gasteiger charge is 2.36. The van der Waals surface area contributed by atoms with E-state index in [4.69, 9.17) is 9.47 Å². The molecule has 0 radical (unpaired) electrons. The van der Waals surface area contributed by atoms with Crippen LogP contribution in [0.4, 0.5) is 0 Å². The van der Waals surface area contributed by atoms with Gasteiger partial charge in [-0.3, -0.25) is 9.28 Å². The molecule has 0 fully saturated rings. The van der Waals surface area contributed by atoms with Crippen molar-refractivity contribution in [2.24, 2.45) is 0 Å². The summed E-state index contributed by atoms with van der Waals surface area (Å²) >= 11 is 1.20. The number of carbonyl (C=O) groups is 1. The SMILES string of the molecule is CCCCCCOc1nsnc1C1=CCC[N+](C)([C@@H](C)OC(=O)CCCC)C1. The van der Waals surface area contributed by atoms with Crippen molar-refractivity contribution in [3.05, 3.63) is 11.8 Å². The van der Waals surface area contributed by atoms with Crippen molar-refractivity contribution >= 4 is 23.3 Å². The van der Waals surface area contributed by atoms with E-state index in [1.807, 2.05) is 6.92 Å². The first kappa shape index (κ1) is 22.8. The molecule has 1 aliphatic rings. The van der Waals surface area contributed by atoms with Crippen LogP contribution in [0.25, 0.3) is 5.57 Å². The molecule has 2 rings (SSSR count). The lowest BCUT2D eigenvalue weighted by molar-refractivity contribution is -0.944. The Kier molecular flexibility index (Phi) is 9.38. The smallest absolute Gasteiger partial charge is 0.310 e. The summed E-state index contributed by atoms with van der Waals surface area (Å²) in [5.74, 6) is 0.546. The molecular weight excluding hydrogens is 374 g/mol. The van der Waals surface area contributed by atoms with E-state index < -0.39 is 0 Å². The van der Waals surface area contributed by atoms with E-state index in [2.05, 4.69) is 35.7 Å². The second kappa shape index (κ2) is 11.5. The summed E-state index contributed by atoms with van der Waals surface area (Å²) in [5, 5.41) is 0. The molecule has 1 unspecified atom stereocenters. The van der Waals surface area contributed by atoms with Crippen LogP contribution in [0.15, 0.2) is 6.08 Å². The summed E-state index contributed by atoms with van der Waals surface area (Å²) in [4.78, 5) is 12.1. The molecule has 1 aromatic heterocycles. The van der Waals surface area contributed by atoms with Gasteiger partial charge in [0.25, 0.3) is 5.88 Å². The van der Waals surface area contributed by atoms with Crippen molar-refractivity contribution in [1.82, 2.24) is 8.75 Å². The molecule has 0 aromatic carbocycles. The summed E-state index contributed by atoms with van der Waals surface area (Å²) in [6, 6.07) is 0. The fourth-order valence-corrected chi connectivity index (χ4v) is 3.95. The van der Waals surface area contributed by atoms with Crippen LogP contribution in [0.1, 0.15) is 77.8 Å². The fourth-order valence-electron chi connectivity index (χ4n) is 3.41. The minimum absolute atomic E-state index is 0.101. The van der Waals surface area contributed by atoms with Gasteiger partial charge in [-0.1, -0.05) is 45.6 Å². The number of likely N-dealkylation sites (N-methyl/N-ethyl adjacent to an activating group) is 1. The summed E-state index contributed by atoms with van der Waals surface area (Å²) in [5.41, 5.74) is 2.00. The van der Waals surface area contributed by atoms with E-state index in [9.17, 15) is 4.79 Å². The lowest BCUT2D eigenvalue weighted by Gasteiger charge is -2.41. The monoisotopic (exact) mass is 410 g/mol. The molecule has 7 heteroatoms. The summed E-state index contributed by atoms with van der Waals surface area (Å²) in [6.07, 6.45) is 10.0. The molecule has 0 saturated carbocycles. The Labute approximate surface area is 173 Å². The zero-order valence-corrected chi connectivity index (χ0v) is 18.7. The first-order valence-corrected chi connectivity index (χ1v) is 11.4. The van der Waals surface area contributed by atoms with Crippen molar-refractivity contribution < 1.29 is 18.8 Å². The molecule has 6 nitrogen and oxygen atoms in total. The van der Waals surface area contributed by atoms with Gasteiger partial charge < -0.3 is 9.47 Å². The number of nitrogens with zero attached hydrogens (tertiary/aromatic N) is 3. The molecule has 0 bridgehead atoms. The minimum atomic E-state index is -0.182. The molecule has 2 atom stereocenters. The van der Waals surface area contributed by atoms with E-state index in [-0.39, 0.29) is 12.2 Å². The van der Waals surface area contributed by atoms with Crippen molar-refractivity contribution in [3.63, 3.8) is 0 Å². The number of hydrogen-bond donors (Lipinski definition) is 0. The number of unbranched alkanes of at least 4 members (excludes halogenated alkanes) is 4. The van der Waals surface area contributed by atoms with E-state index in [1.165, 1.54) is 31.0 Å². The van der Waals surface area contributed by atoms with Gasteiger partial charge in [0, 0.05) is 25.3 Å². The number of aromatic nitrogens is 2. The van der Waals surface area contributed by atoms with Crippen LogP contribution in [0.3, 0.4) is 0 Å². The zero-order chi connectivity index (χ0) is 20.4. The quantitative estimate of drug-likeness (QED) is 0.281. The fraction of sp³-hybridized carbons (Fsp3) is 0.762. The maximum atomic E-state index is 12.1. The van der Waals surface area contributed by atoms with E-state index in [0.29, 0.717) is 23.4 Å². The van der Waals surface area contributed by atoms with Crippen LogP contribution in [0.2, 0.25) is 0 Å². The van der Waals surface area contributed by atoms with E-state index in [1.54, 1.807) is 0 Å². The van der Waals surface area contributed by atoms with Crippen molar-refractivity contribution in [2.75, 3.05) is 26.7 Å². The number of hydrogen-bond acceptors (Lipinski definition) is 6. The second-order valence-corrected chi connectivity index (χ2v) is 8.43. The number of esters is 1. The first-order chi connectivity index (χ1) is 13.5. The van der Waals surface area contributed by atoms with Gasteiger partial charge in [-0.25, -0.2) is 0 Å². The standard InChI is InChI=1S/C21H36N3O3S/c1-5-7-9-10-15-26-21-20(22-28-23-21)18-12-11-14-24(4,16-18)17(3)27-19(25)13-8-6-2/h12,17H,5-11,13-16H2,1-4H3/q+1/t17-,24?/m1/s1. The summed E-state index contributed by atoms with van der Waals surface area (Å²) in [7, 11) is 2.15. The topological polar surface area (TPSA) is 61.3 Å². The summed E-state index contributed by atoms with van der Waals surface area (Å²) < 4.78 is 21.2. The molecule has 1 aromatic rings. The summed E-state index contributed by atoms with van der Waals surface area (Å²) in [6.45, 7) is 8.67. The van der Waals surface area contributed by atoms with Crippen LogP contribution in [-0.2, 0) is 9.53 Å². The highest BCUT2D eigenvalue weighted by Crippen LogP contribution is 2.31. The van der Waals surface area contributed by atoms with Gasteiger partial charge >= 0.3 is 5.97 Å². The van der Waals surface area contributed by atoms with Crippen LogP contribution in [-0.4, -0.2) is 52.2 Å². The predicted molar refractivity (Wildman–Crippen MR) is 113 cm³/mol. The van der Waals surface area contributed by atoms with E-state index in [0.717, 1.165) is 50.0 Å². The molecule has 0 saturated heterocycles. The Balaban J connectivity index is 1.96. The third kappa shape index (κ3) is 6.55. The van der Waals surface area contributed by atoms with Crippen LogP contribution < -0.4 is 4.74 Å². The van der Waals surface area contributed by atoms with Gasteiger partial charge in [0.2, 0.25) is 6.23 Å². The number of rotatable bonds is 12. The third-order valence-corrected chi connectivity index (χ3v) is 5.99. The van der Waals surface area contributed by atoms with Crippen molar-refractivity contribution in [3.8, 4) is 5.88 Å². The Morgan fingerprint density at radius 2 is 2.00 bits per heavy atom. The Bertz CT molecular complexity index is 647. The Morgan fingerprint density at radius 1 is 1.21 bits per heavy atom. The van der Waals surface area contributed by atoms with Crippen molar-refractivity contribution in [2.45, 2.75) is 78.4 Å². The van der Waals surface area contributed by atoms with Gasteiger partial charge in [-0.05, 0) is 12.8 Å². The Hall–Kier alpha value is -1.47. The number of quaternary nitrogens is 1. The first-order valence-electron chi connectivity index (χ1n) is 10.7. The maximum absolute atomic E-state index is 12.1. The lowest BCUT2D eigenvalue weighted by Crippen LogP contribution is -2.55. The molecule has 2 heterocycles. The highest BCUT2D eigenvalue weighted by atomic mass is 32.1. The predicted octanol–water partition coefficient (Wildman–Crippen LogP) is 4.81. The molecule has 0 amide bonds. The number of carbonyl (C=O) groups excluding carboxylic acids is 1. The molecule has 158 valence electrons. The molecule has 28 heavy (non-hydrogen) atoms. The van der Waals surface area contributed by atoms with Crippen LogP contribution in [0, 0.1) is 0 Å². The van der Waals surface area contributed by atoms with Crippen LogP contribution >= 0.6 is 11.7 Å². The van der Waals surface area contributed by atoms with Crippen LogP contribution in [0.5, 0.6) is 5.88 Å². The third-order valence-electron chi connectivity index (χ3n) is 5.48. The highest BCUT2D eigenvalue weighted by molar-refractivity contribution is 6.99. The average Bonchev–Trinajstić information content (AvgIpc) is 3.15. The molecule has 0 aliphatic carbocycles. The van der Waals surface area contributed by atoms with Gasteiger partial charge in [0.05, 0.1) is 31.9 Å². The zero-order valence-electron chi connectivity index (χ0n) is 17.9.